The van der Waals surface area contributed by atoms with Gasteiger partial charge in [-0.15, -0.1) is 0 Å². The number of aromatic nitrogens is 2. The Bertz CT molecular complexity index is 1350. The normalized spacial score (nSPS) is 11.8. The fourth-order valence-corrected chi connectivity index (χ4v) is 4.50. The Morgan fingerprint density at radius 2 is 1.76 bits per heavy atom. The first-order chi connectivity index (χ1) is 18.5. The number of nitrogens with one attached hydrogen (secondary N) is 1. The molecule has 0 radical (unpaired) electrons. The van der Waals surface area contributed by atoms with Crippen molar-refractivity contribution in [3.63, 3.8) is 0 Å². The molecule has 0 saturated carbocycles. The Kier molecular flexibility index (Phi) is 9.25. The van der Waals surface area contributed by atoms with E-state index in [1.165, 1.54) is 5.56 Å². The van der Waals surface area contributed by atoms with E-state index < -0.39 is 0 Å². The van der Waals surface area contributed by atoms with Crippen LogP contribution in [0.3, 0.4) is 0 Å². The number of carbonyl (C=O) groups is 1. The highest BCUT2D eigenvalue weighted by Gasteiger charge is 2.12. The van der Waals surface area contributed by atoms with Gasteiger partial charge in [-0.05, 0) is 59.9 Å². The summed E-state index contributed by atoms with van der Waals surface area (Å²) in [7, 11) is 3.18. The smallest absolute Gasteiger partial charge is 0.224 e. The molecule has 38 heavy (non-hydrogen) atoms. The number of amides is 1. The Hall–Kier alpha value is -4.00. The molecule has 7 nitrogen and oxygen atoms in total. The molecule has 4 aromatic rings. The third-order valence-electron chi connectivity index (χ3n) is 6.86. The maximum Gasteiger partial charge on any atom is 0.224 e. The number of nitrogens with zero attached hydrogens (tertiary/aromatic N) is 2. The second-order valence-electron chi connectivity index (χ2n) is 9.36. The number of hydrogen-bond acceptors (Lipinski definition) is 5. The third kappa shape index (κ3) is 6.65. The van der Waals surface area contributed by atoms with Crippen molar-refractivity contribution < 1.29 is 19.0 Å². The first-order valence-electron chi connectivity index (χ1n) is 13.2. The molecule has 0 spiro atoms. The van der Waals surface area contributed by atoms with Crippen molar-refractivity contribution in [1.82, 2.24) is 14.9 Å². The number of methoxy groups -OCH3 is 2. The zero-order valence-corrected chi connectivity index (χ0v) is 22.7. The van der Waals surface area contributed by atoms with Crippen molar-refractivity contribution in [1.29, 1.82) is 0 Å². The largest absolute Gasteiger partial charge is 0.493 e. The number of benzene rings is 3. The third-order valence-corrected chi connectivity index (χ3v) is 6.86. The molecule has 7 heteroatoms. The molecule has 1 amide bonds. The first-order valence-corrected chi connectivity index (χ1v) is 13.2. The maximum absolute atomic E-state index is 12.6. The number of imidazole rings is 1. The lowest BCUT2D eigenvalue weighted by Crippen LogP contribution is -2.28. The van der Waals surface area contributed by atoms with Gasteiger partial charge in [0.2, 0.25) is 5.91 Å². The predicted octanol–water partition coefficient (Wildman–Crippen LogP) is 5.55. The standard InChI is InChI=1S/C31H37N3O4/c1-5-22(2)24-11-13-25(14-12-24)38-19-18-34-27-9-7-6-8-26(27)33-30(34)16-17-32-31(35)21-23-10-15-28(36-3)29(20-23)37-4/h6-15,20,22H,5,16-19,21H2,1-4H3,(H,32,35). The van der Waals surface area contributed by atoms with Crippen LogP contribution < -0.4 is 19.5 Å². The van der Waals surface area contributed by atoms with Crippen LogP contribution in [-0.4, -0.2) is 42.8 Å². The van der Waals surface area contributed by atoms with E-state index in [0.717, 1.165) is 34.6 Å². The van der Waals surface area contributed by atoms with Gasteiger partial charge in [-0.2, -0.15) is 0 Å². The molecule has 1 N–H and O–H groups in total. The van der Waals surface area contributed by atoms with Crippen molar-refractivity contribution in [2.45, 2.75) is 45.6 Å². The summed E-state index contributed by atoms with van der Waals surface area (Å²) < 4.78 is 18.9. The van der Waals surface area contributed by atoms with E-state index in [2.05, 4.69) is 41.9 Å². The average molecular weight is 516 g/mol. The van der Waals surface area contributed by atoms with Gasteiger partial charge in [0.1, 0.15) is 18.2 Å². The lowest BCUT2D eigenvalue weighted by molar-refractivity contribution is -0.120. The summed E-state index contributed by atoms with van der Waals surface area (Å²) in [5.74, 6) is 3.54. The SMILES string of the molecule is CCC(C)c1ccc(OCCn2c(CCNC(=O)Cc3ccc(OC)c(OC)c3)nc3ccccc32)cc1. The highest BCUT2D eigenvalue weighted by molar-refractivity contribution is 5.79. The molecular formula is C31H37N3O4. The molecule has 3 aromatic carbocycles. The van der Waals surface area contributed by atoms with E-state index in [1.807, 2.05) is 48.5 Å². The Morgan fingerprint density at radius 3 is 2.50 bits per heavy atom. The summed E-state index contributed by atoms with van der Waals surface area (Å²) in [6, 6.07) is 22.0. The average Bonchev–Trinajstić information content (AvgIpc) is 3.30. The molecule has 0 saturated heterocycles. The van der Waals surface area contributed by atoms with E-state index in [9.17, 15) is 4.79 Å². The summed E-state index contributed by atoms with van der Waals surface area (Å²) in [6.07, 6.45) is 2.00. The molecular weight excluding hydrogens is 478 g/mol. The van der Waals surface area contributed by atoms with Crippen LogP contribution in [-0.2, 0) is 24.2 Å². The summed E-state index contributed by atoms with van der Waals surface area (Å²) in [4.78, 5) is 17.4. The second-order valence-corrected chi connectivity index (χ2v) is 9.36. The topological polar surface area (TPSA) is 74.6 Å². The molecule has 0 fully saturated rings. The van der Waals surface area contributed by atoms with Crippen LogP contribution in [0, 0.1) is 0 Å². The van der Waals surface area contributed by atoms with Crippen LogP contribution in [0.5, 0.6) is 17.2 Å². The number of para-hydroxylation sites is 2. The van der Waals surface area contributed by atoms with Crippen LogP contribution in [0.4, 0.5) is 0 Å². The molecule has 1 aromatic heterocycles. The Labute approximate surface area is 224 Å². The number of fused-ring (bicyclic) bond motifs is 1. The summed E-state index contributed by atoms with van der Waals surface area (Å²) >= 11 is 0. The van der Waals surface area contributed by atoms with Crippen LogP contribution >= 0.6 is 0 Å². The van der Waals surface area contributed by atoms with Crippen molar-refractivity contribution in [2.75, 3.05) is 27.4 Å². The van der Waals surface area contributed by atoms with Gasteiger partial charge in [0.15, 0.2) is 11.5 Å². The van der Waals surface area contributed by atoms with Crippen molar-refractivity contribution in [3.05, 3.63) is 83.7 Å². The van der Waals surface area contributed by atoms with E-state index in [4.69, 9.17) is 19.2 Å². The molecule has 0 aliphatic heterocycles. The van der Waals surface area contributed by atoms with Crippen molar-refractivity contribution >= 4 is 16.9 Å². The molecule has 4 rings (SSSR count). The van der Waals surface area contributed by atoms with Gasteiger partial charge in [0.05, 0.1) is 38.2 Å². The van der Waals surface area contributed by atoms with Gasteiger partial charge < -0.3 is 24.1 Å². The molecule has 0 aliphatic carbocycles. The minimum Gasteiger partial charge on any atom is -0.493 e. The maximum atomic E-state index is 12.6. The quantitative estimate of drug-likeness (QED) is 0.253. The molecule has 0 aliphatic rings. The lowest BCUT2D eigenvalue weighted by atomic mass is 9.99. The number of carbonyl (C=O) groups excluding carboxylic acids is 1. The van der Waals surface area contributed by atoms with Gasteiger partial charge in [-0.3, -0.25) is 4.79 Å². The van der Waals surface area contributed by atoms with Crippen LogP contribution in [0.1, 0.15) is 43.1 Å². The molecule has 1 unspecified atom stereocenters. The zero-order chi connectivity index (χ0) is 26.9. The summed E-state index contributed by atoms with van der Waals surface area (Å²) in [5.41, 5.74) is 4.20. The van der Waals surface area contributed by atoms with Crippen LogP contribution in [0.15, 0.2) is 66.7 Å². The van der Waals surface area contributed by atoms with Gasteiger partial charge in [-0.1, -0.05) is 44.2 Å². The van der Waals surface area contributed by atoms with Crippen LogP contribution in [0.25, 0.3) is 11.0 Å². The van der Waals surface area contributed by atoms with Gasteiger partial charge >= 0.3 is 0 Å². The van der Waals surface area contributed by atoms with Crippen molar-refractivity contribution in [3.8, 4) is 17.2 Å². The predicted molar refractivity (Wildman–Crippen MR) is 150 cm³/mol. The second kappa shape index (κ2) is 13.0. The zero-order valence-electron chi connectivity index (χ0n) is 22.7. The van der Waals surface area contributed by atoms with E-state index in [1.54, 1.807) is 14.2 Å². The first kappa shape index (κ1) is 27.0. The van der Waals surface area contributed by atoms with E-state index in [0.29, 0.717) is 43.5 Å². The summed E-state index contributed by atoms with van der Waals surface area (Å²) in [6.45, 7) is 6.13. The molecule has 1 heterocycles. The Morgan fingerprint density at radius 1 is 1.00 bits per heavy atom. The number of hydrogen-bond donors (Lipinski definition) is 1. The van der Waals surface area contributed by atoms with Crippen LogP contribution in [0.2, 0.25) is 0 Å². The monoisotopic (exact) mass is 515 g/mol. The van der Waals surface area contributed by atoms with Crippen molar-refractivity contribution in [2.24, 2.45) is 0 Å². The summed E-state index contributed by atoms with van der Waals surface area (Å²) in [5, 5.41) is 3.02. The molecule has 1 atom stereocenters. The lowest BCUT2D eigenvalue weighted by Gasteiger charge is -2.13. The van der Waals surface area contributed by atoms with Gasteiger partial charge in [0.25, 0.3) is 0 Å². The highest BCUT2D eigenvalue weighted by Crippen LogP contribution is 2.27. The molecule has 200 valence electrons. The number of rotatable bonds is 13. The minimum absolute atomic E-state index is 0.0518. The van der Waals surface area contributed by atoms with E-state index in [-0.39, 0.29) is 12.3 Å². The van der Waals surface area contributed by atoms with Gasteiger partial charge in [0, 0.05) is 13.0 Å². The molecule has 0 bridgehead atoms. The number of ether oxygens (including phenoxy) is 3. The van der Waals surface area contributed by atoms with Gasteiger partial charge in [-0.25, -0.2) is 4.98 Å². The fraction of sp³-hybridized carbons (Fsp3) is 0.355. The fourth-order valence-electron chi connectivity index (χ4n) is 4.50. The van der Waals surface area contributed by atoms with E-state index >= 15 is 0 Å². The highest BCUT2D eigenvalue weighted by atomic mass is 16.5. The minimum atomic E-state index is -0.0518. The Balaban J connectivity index is 1.35.